The maximum Gasteiger partial charge on any atom is 0.287 e. The summed E-state index contributed by atoms with van der Waals surface area (Å²) in [6, 6.07) is 3.33. The number of hydrogen-bond acceptors (Lipinski definition) is 3. The predicted molar refractivity (Wildman–Crippen MR) is 73.4 cm³/mol. The van der Waals surface area contributed by atoms with Gasteiger partial charge < -0.3 is 15.5 Å². The molecule has 1 saturated carbocycles. The number of carbonyl (C=O) groups is 1. The zero-order chi connectivity index (χ0) is 13.0. The molecule has 0 atom stereocenters. The molecule has 0 radical (unpaired) electrons. The molecule has 18 heavy (non-hydrogen) atoms. The van der Waals surface area contributed by atoms with Crippen LogP contribution in [-0.2, 0) is 0 Å². The second kappa shape index (κ2) is 5.52. The molecule has 1 aromatic heterocycles. The first kappa shape index (κ1) is 13.1. The molecular weight excluding hydrogens is 248 g/mol. The zero-order valence-electron chi connectivity index (χ0n) is 10.3. The van der Waals surface area contributed by atoms with Crippen molar-refractivity contribution in [2.75, 3.05) is 0 Å². The second-order valence-electron chi connectivity index (χ2n) is 4.79. The van der Waals surface area contributed by atoms with Crippen LogP contribution in [0.3, 0.4) is 0 Å². The van der Waals surface area contributed by atoms with Gasteiger partial charge in [0, 0.05) is 0 Å². The summed E-state index contributed by atoms with van der Waals surface area (Å²) in [4.78, 5) is 12.5. The lowest BCUT2D eigenvalue weighted by atomic mass is 9.90. The first-order valence-electron chi connectivity index (χ1n) is 6.30. The van der Waals surface area contributed by atoms with Gasteiger partial charge in [-0.15, -0.1) is 0 Å². The fourth-order valence-corrected chi connectivity index (χ4v) is 2.71. The third-order valence-corrected chi connectivity index (χ3v) is 3.92. The van der Waals surface area contributed by atoms with Crippen molar-refractivity contribution in [2.24, 2.45) is 5.73 Å². The van der Waals surface area contributed by atoms with E-state index in [-0.39, 0.29) is 5.91 Å². The molecule has 4 nitrogen and oxygen atoms in total. The molecule has 1 aliphatic rings. The van der Waals surface area contributed by atoms with Crippen molar-refractivity contribution in [3.05, 3.63) is 24.2 Å². The van der Waals surface area contributed by atoms with Crippen molar-refractivity contribution in [2.45, 2.75) is 44.1 Å². The van der Waals surface area contributed by atoms with Gasteiger partial charge >= 0.3 is 0 Å². The first-order valence-corrected chi connectivity index (χ1v) is 6.71. The Morgan fingerprint density at radius 2 is 2.00 bits per heavy atom. The standard InChI is InChI=1S/C13H18N2O2S/c14-12(18)13(7-3-1-2-4-8-13)15-11(16)10-6-5-9-17-10/h5-6,9H,1-4,7-8H2,(H2,14,18)(H,15,16). The maximum absolute atomic E-state index is 12.1. The molecule has 1 fully saturated rings. The van der Waals surface area contributed by atoms with E-state index in [9.17, 15) is 4.79 Å². The van der Waals surface area contributed by atoms with Gasteiger partial charge in [-0.3, -0.25) is 4.79 Å². The van der Waals surface area contributed by atoms with Gasteiger partial charge in [-0.1, -0.05) is 37.9 Å². The van der Waals surface area contributed by atoms with Crippen LogP contribution in [-0.4, -0.2) is 16.4 Å². The molecule has 0 aromatic carbocycles. The highest BCUT2D eigenvalue weighted by atomic mass is 32.1. The molecule has 1 aliphatic carbocycles. The quantitative estimate of drug-likeness (QED) is 0.651. The van der Waals surface area contributed by atoms with E-state index in [0.717, 1.165) is 25.7 Å². The van der Waals surface area contributed by atoms with Crippen LogP contribution in [0.15, 0.2) is 22.8 Å². The number of amides is 1. The molecule has 1 amide bonds. The fraction of sp³-hybridized carbons (Fsp3) is 0.538. The van der Waals surface area contributed by atoms with E-state index in [4.69, 9.17) is 22.4 Å². The third-order valence-electron chi connectivity index (χ3n) is 3.53. The summed E-state index contributed by atoms with van der Waals surface area (Å²) in [5.74, 6) is 0.0598. The Hall–Kier alpha value is -1.36. The average molecular weight is 266 g/mol. The van der Waals surface area contributed by atoms with Gasteiger partial charge in [-0.05, 0) is 25.0 Å². The molecule has 0 saturated heterocycles. The molecule has 1 heterocycles. The summed E-state index contributed by atoms with van der Waals surface area (Å²) in [6.07, 6.45) is 7.52. The number of rotatable bonds is 3. The van der Waals surface area contributed by atoms with E-state index in [2.05, 4.69) is 5.32 Å². The van der Waals surface area contributed by atoms with Gasteiger partial charge in [0.1, 0.15) is 0 Å². The van der Waals surface area contributed by atoms with Crippen molar-refractivity contribution in [3.8, 4) is 0 Å². The van der Waals surface area contributed by atoms with Crippen molar-refractivity contribution >= 4 is 23.1 Å². The lowest BCUT2D eigenvalue weighted by molar-refractivity contribution is 0.0889. The summed E-state index contributed by atoms with van der Waals surface area (Å²) in [6.45, 7) is 0. The lowest BCUT2D eigenvalue weighted by Crippen LogP contribution is -2.56. The van der Waals surface area contributed by atoms with Crippen LogP contribution in [0.1, 0.15) is 49.1 Å². The third kappa shape index (κ3) is 2.72. The minimum Gasteiger partial charge on any atom is -0.459 e. The summed E-state index contributed by atoms with van der Waals surface area (Å²) >= 11 is 5.17. The second-order valence-corrected chi connectivity index (χ2v) is 5.23. The van der Waals surface area contributed by atoms with Gasteiger partial charge in [0.2, 0.25) is 0 Å². The molecule has 1 aromatic rings. The first-order chi connectivity index (χ1) is 8.64. The fourth-order valence-electron chi connectivity index (χ4n) is 2.45. The summed E-state index contributed by atoms with van der Waals surface area (Å²) < 4.78 is 5.10. The van der Waals surface area contributed by atoms with E-state index >= 15 is 0 Å². The Bertz CT molecular complexity index is 420. The summed E-state index contributed by atoms with van der Waals surface area (Å²) in [7, 11) is 0. The summed E-state index contributed by atoms with van der Waals surface area (Å²) in [5, 5.41) is 2.98. The Kier molecular flexibility index (Phi) is 4.01. The smallest absolute Gasteiger partial charge is 0.287 e. The number of nitrogens with one attached hydrogen (secondary N) is 1. The molecule has 0 bridgehead atoms. The molecule has 0 spiro atoms. The number of furan rings is 1. The Balaban J connectivity index is 2.15. The largest absolute Gasteiger partial charge is 0.459 e. The van der Waals surface area contributed by atoms with Crippen molar-refractivity contribution in [1.29, 1.82) is 0 Å². The number of thiocarbonyl (C=S) groups is 1. The highest BCUT2D eigenvalue weighted by molar-refractivity contribution is 7.80. The van der Waals surface area contributed by atoms with Crippen LogP contribution in [0.4, 0.5) is 0 Å². The van der Waals surface area contributed by atoms with Crippen LogP contribution in [0.2, 0.25) is 0 Å². The predicted octanol–water partition coefficient (Wildman–Crippen LogP) is 2.39. The van der Waals surface area contributed by atoms with Crippen molar-refractivity contribution in [3.63, 3.8) is 0 Å². The van der Waals surface area contributed by atoms with Crippen molar-refractivity contribution < 1.29 is 9.21 Å². The van der Waals surface area contributed by atoms with Crippen LogP contribution in [0, 0.1) is 0 Å². The van der Waals surface area contributed by atoms with Gasteiger partial charge in [0.15, 0.2) is 5.76 Å². The van der Waals surface area contributed by atoms with Crippen LogP contribution in [0.5, 0.6) is 0 Å². The number of hydrogen-bond donors (Lipinski definition) is 2. The molecule has 3 N–H and O–H groups in total. The maximum atomic E-state index is 12.1. The molecule has 0 unspecified atom stereocenters. The Morgan fingerprint density at radius 3 is 2.50 bits per heavy atom. The van der Waals surface area contributed by atoms with Crippen LogP contribution >= 0.6 is 12.2 Å². The topological polar surface area (TPSA) is 68.3 Å². The highest BCUT2D eigenvalue weighted by Gasteiger charge is 2.36. The molecule has 5 heteroatoms. The van der Waals surface area contributed by atoms with Gasteiger partial charge in [-0.25, -0.2) is 0 Å². The average Bonchev–Trinajstić information content (AvgIpc) is 2.77. The summed E-state index contributed by atoms with van der Waals surface area (Å²) in [5.41, 5.74) is 5.31. The van der Waals surface area contributed by atoms with E-state index in [1.54, 1.807) is 12.1 Å². The number of nitrogens with two attached hydrogens (primary N) is 1. The highest BCUT2D eigenvalue weighted by Crippen LogP contribution is 2.28. The Labute approximate surface area is 112 Å². The van der Waals surface area contributed by atoms with Gasteiger partial charge in [0.05, 0.1) is 16.8 Å². The molecule has 98 valence electrons. The molecular formula is C13H18N2O2S. The minimum absolute atomic E-state index is 0.241. The van der Waals surface area contributed by atoms with Crippen LogP contribution < -0.4 is 11.1 Å². The van der Waals surface area contributed by atoms with Gasteiger partial charge in [0.25, 0.3) is 5.91 Å². The van der Waals surface area contributed by atoms with E-state index in [0.29, 0.717) is 10.7 Å². The van der Waals surface area contributed by atoms with E-state index in [1.165, 1.54) is 19.1 Å². The van der Waals surface area contributed by atoms with Crippen LogP contribution in [0.25, 0.3) is 0 Å². The SMILES string of the molecule is NC(=S)C1(NC(=O)c2ccco2)CCCCCC1. The van der Waals surface area contributed by atoms with E-state index < -0.39 is 5.54 Å². The molecule has 2 rings (SSSR count). The normalized spacial score (nSPS) is 18.9. The Morgan fingerprint density at radius 1 is 1.33 bits per heavy atom. The number of carbonyl (C=O) groups excluding carboxylic acids is 1. The minimum atomic E-state index is -0.546. The monoisotopic (exact) mass is 266 g/mol. The van der Waals surface area contributed by atoms with E-state index in [1.807, 2.05) is 0 Å². The molecule has 0 aliphatic heterocycles. The zero-order valence-corrected chi connectivity index (χ0v) is 11.1. The van der Waals surface area contributed by atoms with Gasteiger partial charge in [-0.2, -0.15) is 0 Å². The van der Waals surface area contributed by atoms with Crippen molar-refractivity contribution in [1.82, 2.24) is 5.32 Å². The lowest BCUT2D eigenvalue weighted by Gasteiger charge is -2.32.